The van der Waals surface area contributed by atoms with Crippen molar-refractivity contribution in [3.63, 3.8) is 0 Å². The third-order valence-electron chi connectivity index (χ3n) is 4.17. The molecule has 4 heteroatoms. The highest BCUT2D eigenvalue weighted by Crippen LogP contribution is 2.26. The molecule has 20 heavy (non-hydrogen) atoms. The van der Waals surface area contributed by atoms with Crippen LogP contribution in [0.25, 0.3) is 0 Å². The van der Waals surface area contributed by atoms with Gasteiger partial charge in [-0.3, -0.25) is 4.79 Å². The first-order valence-corrected chi connectivity index (χ1v) is 7.18. The van der Waals surface area contributed by atoms with Crippen LogP contribution in [-0.2, 0) is 10.2 Å². The van der Waals surface area contributed by atoms with Crippen LogP contribution in [-0.4, -0.2) is 18.5 Å². The standard InChI is InChI=1S/C16H23FN2O/c1-16(2,12-4-6-13(17)7-5-12)10-19-15(20)11-3-8-14(18)9-11/h4-7,11,14H,3,8-10,18H2,1-2H3,(H,19,20). The summed E-state index contributed by atoms with van der Waals surface area (Å²) in [6, 6.07) is 6.61. The third-order valence-corrected chi connectivity index (χ3v) is 4.17. The van der Waals surface area contributed by atoms with Gasteiger partial charge in [-0.1, -0.05) is 26.0 Å². The molecule has 110 valence electrons. The van der Waals surface area contributed by atoms with Gasteiger partial charge in [-0.15, -0.1) is 0 Å². The average Bonchev–Trinajstić information content (AvgIpc) is 2.83. The van der Waals surface area contributed by atoms with E-state index >= 15 is 0 Å². The van der Waals surface area contributed by atoms with Gasteiger partial charge in [0.2, 0.25) is 5.91 Å². The molecule has 0 saturated heterocycles. The van der Waals surface area contributed by atoms with Crippen molar-refractivity contribution in [2.45, 2.75) is 44.6 Å². The van der Waals surface area contributed by atoms with E-state index in [2.05, 4.69) is 5.32 Å². The quantitative estimate of drug-likeness (QED) is 0.888. The minimum absolute atomic E-state index is 0.0500. The summed E-state index contributed by atoms with van der Waals surface area (Å²) in [6.07, 6.45) is 2.59. The lowest BCUT2D eigenvalue weighted by Gasteiger charge is -2.26. The Balaban J connectivity index is 1.91. The van der Waals surface area contributed by atoms with Gasteiger partial charge in [0.15, 0.2) is 0 Å². The maximum Gasteiger partial charge on any atom is 0.223 e. The molecule has 1 fully saturated rings. The molecule has 2 unspecified atom stereocenters. The topological polar surface area (TPSA) is 55.1 Å². The Kier molecular flexibility index (Phi) is 4.43. The summed E-state index contributed by atoms with van der Waals surface area (Å²) in [5.74, 6) is -0.101. The van der Waals surface area contributed by atoms with Gasteiger partial charge >= 0.3 is 0 Å². The Bertz CT molecular complexity index is 470. The molecule has 1 amide bonds. The Labute approximate surface area is 119 Å². The van der Waals surface area contributed by atoms with Gasteiger partial charge < -0.3 is 11.1 Å². The molecule has 3 nitrogen and oxygen atoms in total. The molecule has 0 aromatic heterocycles. The highest BCUT2D eigenvalue weighted by Gasteiger charge is 2.29. The zero-order chi connectivity index (χ0) is 14.8. The van der Waals surface area contributed by atoms with Gasteiger partial charge in [-0.2, -0.15) is 0 Å². The number of carbonyl (C=O) groups excluding carboxylic acids is 1. The molecule has 1 aromatic carbocycles. The van der Waals surface area contributed by atoms with Crippen LogP contribution < -0.4 is 11.1 Å². The van der Waals surface area contributed by atoms with Crippen molar-refractivity contribution in [3.8, 4) is 0 Å². The zero-order valence-electron chi connectivity index (χ0n) is 12.2. The summed E-state index contributed by atoms with van der Waals surface area (Å²) in [7, 11) is 0. The summed E-state index contributed by atoms with van der Waals surface area (Å²) >= 11 is 0. The van der Waals surface area contributed by atoms with Crippen LogP contribution in [0.15, 0.2) is 24.3 Å². The number of rotatable bonds is 4. The number of nitrogens with two attached hydrogens (primary N) is 1. The second-order valence-electron chi connectivity index (χ2n) is 6.38. The second-order valence-corrected chi connectivity index (χ2v) is 6.38. The van der Waals surface area contributed by atoms with Crippen LogP contribution in [0.3, 0.4) is 0 Å². The van der Waals surface area contributed by atoms with E-state index in [0.717, 1.165) is 24.8 Å². The Morgan fingerprint density at radius 2 is 2.00 bits per heavy atom. The molecule has 1 aliphatic carbocycles. The van der Waals surface area contributed by atoms with Crippen LogP contribution in [0.2, 0.25) is 0 Å². The minimum atomic E-state index is -0.242. The SMILES string of the molecule is CC(C)(CNC(=O)C1CCC(N)C1)c1ccc(F)cc1. The van der Waals surface area contributed by atoms with Crippen molar-refractivity contribution >= 4 is 5.91 Å². The molecule has 2 atom stereocenters. The van der Waals surface area contributed by atoms with E-state index < -0.39 is 0 Å². The molecule has 1 saturated carbocycles. The second kappa shape index (κ2) is 5.92. The smallest absolute Gasteiger partial charge is 0.223 e. The first-order chi connectivity index (χ1) is 9.38. The van der Waals surface area contributed by atoms with Crippen molar-refractivity contribution < 1.29 is 9.18 Å². The molecule has 0 spiro atoms. The predicted octanol–water partition coefficient (Wildman–Crippen LogP) is 2.35. The normalized spacial score (nSPS) is 22.8. The van der Waals surface area contributed by atoms with E-state index in [0.29, 0.717) is 6.54 Å². The Morgan fingerprint density at radius 3 is 2.55 bits per heavy atom. The molecule has 0 bridgehead atoms. The number of amides is 1. The summed E-state index contributed by atoms with van der Waals surface area (Å²) in [5.41, 5.74) is 6.63. The van der Waals surface area contributed by atoms with E-state index in [9.17, 15) is 9.18 Å². The molecule has 0 heterocycles. The first kappa shape index (κ1) is 15.0. The van der Waals surface area contributed by atoms with Gasteiger partial charge in [0.1, 0.15) is 5.82 Å². The van der Waals surface area contributed by atoms with Crippen LogP contribution >= 0.6 is 0 Å². The molecule has 0 aliphatic heterocycles. The molecular weight excluding hydrogens is 255 g/mol. The molecule has 0 radical (unpaired) electrons. The van der Waals surface area contributed by atoms with Crippen molar-refractivity contribution in [2.24, 2.45) is 11.7 Å². The highest BCUT2D eigenvalue weighted by molar-refractivity contribution is 5.79. The van der Waals surface area contributed by atoms with Gasteiger partial charge in [0.25, 0.3) is 0 Å². The van der Waals surface area contributed by atoms with Crippen molar-refractivity contribution in [1.82, 2.24) is 5.32 Å². The van der Waals surface area contributed by atoms with E-state index in [-0.39, 0.29) is 29.1 Å². The van der Waals surface area contributed by atoms with Crippen LogP contribution in [0.1, 0.15) is 38.7 Å². The molecule has 1 aliphatic rings. The maximum atomic E-state index is 12.9. The monoisotopic (exact) mass is 278 g/mol. The van der Waals surface area contributed by atoms with E-state index in [1.54, 1.807) is 12.1 Å². The lowest BCUT2D eigenvalue weighted by molar-refractivity contribution is -0.125. The van der Waals surface area contributed by atoms with Crippen LogP contribution in [0, 0.1) is 11.7 Å². The zero-order valence-corrected chi connectivity index (χ0v) is 12.2. The van der Waals surface area contributed by atoms with Gasteiger partial charge in [0, 0.05) is 23.9 Å². The molecule has 3 N–H and O–H groups in total. The number of nitrogens with one attached hydrogen (secondary N) is 1. The van der Waals surface area contributed by atoms with E-state index in [1.165, 1.54) is 12.1 Å². The van der Waals surface area contributed by atoms with Crippen LogP contribution in [0.4, 0.5) is 4.39 Å². The van der Waals surface area contributed by atoms with E-state index in [1.807, 2.05) is 13.8 Å². The summed E-state index contributed by atoms with van der Waals surface area (Å²) < 4.78 is 12.9. The molecule has 2 rings (SSSR count). The Morgan fingerprint density at radius 1 is 1.35 bits per heavy atom. The predicted molar refractivity (Wildman–Crippen MR) is 77.8 cm³/mol. The lowest BCUT2D eigenvalue weighted by Crippen LogP contribution is -2.39. The maximum absolute atomic E-state index is 12.9. The summed E-state index contributed by atoms with van der Waals surface area (Å²) in [6.45, 7) is 4.63. The fourth-order valence-corrected chi connectivity index (χ4v) is 2.71. The Hall–Kier alpha value is -1.42. The fraction of sp³-hybridized carbons (Fsp3) is 0.562. The molecule has 1 aromatic rings. The number of carbonyl (C=O) groups is 1. The molecular formula is C16H23FN2O. The van der Waals surface area contributed by atoms with Gasteiger partial charge in [-0.25, -0.2) is 4.39 Å². The minimum Gasteiger partial charge on any atom is -0.355 e. The third kappa shape index (κ3) is 3.57. The van der Waals surface area contributed by atoms with E-state index in [4.69, 9.17) is 5.73 Å². The highest BCUT2D eigenvalue weighted by atomic mass is 19.1. The van der Waals surface area contributed by atoms with Crippen LogP contribution in [0.5, 0.6) is 0 Å². The van der Waals surface area contributed by atoms with Crippen molar-refractivity contribution in [3.05, 3.63) is 35.6 Å². The summed E-state index contributed by atoms with van der Waals surface area (Å²) in [5, 5.41) is 3.01. The number of halogens is 1. The van der Waals surface area contributed by atoms with Crippen molar-refractivity contribution in [1.29, 1.82) is 0 Å². The van der Waals surface area contributed by atoms with Gasteiger partial charge in [0.05, 0.1) is 0 Å². The van der Waals surface area contributed by atoms with Gasteiger partial charge in [-0.05, 0) is 37.0 Å². The number of hydrogen-bond acceptors (Lipinski definition) is 2. The lowest BCUT2D eigenvalue weighted by atomic mass is 9.84. The average molecular weight is 278 g/mol. The fourth-order valence-electron chi connectivity index (χ4n) is 2.71. The largest absolute Gasteiger partial charge is 0.355 e. The summed E-state index contributed by atoms with van der Waals surface area (Å²) in [4.78, 5) is 12.1. The first-order valence-electron chi connectivity index (χ1n) is 7.18. The number of benzene rings is 1. The number of hydrogen-bond donors (Lipinski definition) is 2. The van der Waals surface area contributed by atoms with Crippen molar-refractivity contribution in [2.75, 3.05) is 6.54 Å².